The number of hydrogen-bond acceptors (Lipinski definition) is 10. The fraction of sp³-hybridized carbons (Fsp3) is 0.688. The summed E-state index contributed by atoms with van der Waals surface area (Å²) in [7, 11) is 0. The highest BCUT2D eigenvalue weighted by atomic mass is 32.1. The molecular formula is C16H23NO9S. The van der Waals surface area contributed by atoms with E-state index in [1.165, 1.54) is 27.7 Å². The minimum absolute atomic E-state index is 0.304. The van der Waals surface area contributed by atoms with Gasteiger partial charge in [-0.25, -0.2) is 0 Å². The molecule has 5 atom stereocenters. The van der Waals surface area contributed by atoms with E-state index in [2.05, 4.69) is 5.32 Å². The number of esters is 4. The molecule has 0 unspecified atom stereocenters. The SMILES string of the molecule is CC(=O)OC[C@H]1O[C@H](OC(C)=O)[C@H](NC(C)=S)[C@@H](OC(C)=O)[C@@H]1OC(C)=O. The normalized spacial score (nSPS) is 27.1. The van der Waals surface area contributed by atoms with Crippen LogP contribution in [0.5, 0.6) is 0 Å². The van der Waals surface area contributed by atoms with Gasteiger partial charge in [0.25, 0.3) is 0 Å². The number of carbonyl (C=O) groups is 4. The quantitative estimate of drug-likeness (QED) is 0.365. The third-order valence-corrected chi connectivity index (χ3v) is 3.47. The fourth-order valence-electron chi connectivity index (χ4n) is 2.55. The van der Waals surface area contributed by atoms with Crippen LogP contribution in [0.4, 0.5) is 0 Å². The minimum Gasteiger partial charge on any atom is -0.463 e. The smallest absolute Gasteiger partial charge is 0.305 e. The summed E-state index contributed by atoms with van der Waals surface area (Å²) in [6.45, 7) is 5.95. The van der Waals surface area contributed by atoms with Gasteiger partial charge in [0, 0.05) is 27.7 Å². The van der Waals surface area contributed by atoms with E-state index < -0.39 is 54.5 Å². The van der Waals surface area contributed by atoms with Crippen LogP contribution in [0.3, 0.4) is 0 Å². The summed E-state index contributed by atoms with van der Waals surface area (Å²) in [4.78, 5) is 46.1. The van der Waals surface area contributed by atoms with Gasteiger partial charge in [-0.05, 0) is 6.92 Å². The Bertz CT molecular complexity index is 609. The Morgan fingerprint density at radius 3 is 1.81 bits per heavy atom. The Morgan fingerprint density at radius 2 is 1.37 bits per heavy atom. The number of ether oxygens (including phenoxy) is 5. The molecule has 1 rings (SSSR count). The molecule has 0 aliphatic carbocycles. The molecule has 1 aliphatic rings. The minimum atomic E-state index is -1.24. The van der Waals surface area contributed by atoms with E-state index in [1.807, 2.05) is 0 Å². The summed E-state index contributed by atoms with van der Waals surface area (Å²) in [5.74, 6) is -2.59. The molecule has 1 saturated heterocycles. The molecule has 0 aromatic heterocycles. The molecule has 152 valence electrons. The second kappa shape index (κ2) is 10.2. The topological polar surface area (TPSA) is 126 Å². The van der Waals surface area contributed by atoms with E-state index in [4.69, 9.17) is 35.9 Å². The molecule has 1 N–H and O–H groups in total. The van der Waals surface area contributed by atoms with Crippen LogP contribution in [0.2, 0.25) is 0 Å². The summed E-state index contributed by atoms with van der Waals surface area (Å²) in [6.07, 6.45) is -4.54. The Kier molecular flexibility index (Phi) is 8.57. The van der Waals surface area contributed by atoms with Crippen molar-refractivity contribution in [2.45, 2.75) is 65.3 Å². The van der Waals surface area contributed by atoms with Gasteiger partial charge in [0.1, 0.15) is 18.8 Å². The molecule has 0 aromatic rings. The van der Waals surface area contributed by atoms with Gasteiger partial charge >= 0.3 is 23.9 Å². The Balaban J connectivity index is 3.29. The maximum Gasteiger partial charge on any atom is 0.305 e. The van der Waals surface area contributed by atoms with Crippen LogP contribution in [0.15, 0.2) is 0 Å². The number of nitrogens with one attached hydrogen (secondary N) is 1. The van der Waals surface area contributed by atoms with E-state index in [-0.39, 0.29) is 6.61 Å². The van der Waals surface area contributed by atoms with E-state index in [0.717, 1.165) is 0 Å². The van der Waals surface area contributed by atoms with Crippen molar-refractivity contribution in [2.24, 2.45) is 0 Å². The van der Waals surface area contributed by atoms with Gasteiger partial charge in [-0.1, -0.05) is 12.2 Å². The summed E-state index contributed by atoms with van der Waals surface area (Å²) >= 11 is 5.03. The first kappa shape index (κ1) is 22.8. The second-order valence-corrected chi connectivity index (χ2v) is 6.44. The lowest BCUT2D eigenvalue weighted by molar-refractivity contribution is -0.269. The van der Waals surface area contributed by atoms with Crippen molar-refractivity contribution in [3.63, 3.8) is 0 Å². The van der Waals surface area contributed by atoms with Crippen LogP contribution < -0.4 is 5.32 Å². The zero-order valence-electron chi connectivity index (χ0n) is 15.7. The molecule has 1 fully saturated rings. The van der Waals surface area contributed by atoms with Gasteiger partial charge in [0.05, 0.1) is 4.99 Å². The van der Waals surface area contributed by atoms with Gasteiger partial charge in [-0.2, -0.15) is 0 Å². The molecule has 0 aromatic carbocycles. The van der Waals surface area contributed by atoms with Crippen molar-refractivity contribution in [1.82, 2.24) is 5.32 Å². The highest BCUT2D eigenvalue weighted by Crippen LogP contribution is 2.28. The molecule has 10 nitrogen and oxygen atoms in total. The van der Waals surface area contributed by atoms with Gasteiger partial charge in [0.15, 0.2) is 12.2 Å². The third-order valence-electron chi connectivity index (χ3n) is 3.35. The summed E-state index contributed by atoms with van der Waals surface area (Å²) < 4.78 is 26.3. The first-order chi connectivity index (χ1) is 12.5. The van der Waals surface area contributed by atoms with Crippen molar-refractivity contribution >= 4 is 41.1 Å². The Morgan fingerprint density at radius 1 is 0.852 bits per heavy atom. The lowest BCUT2D eigenvalue weighted by Gasteiger charge is -2.44. The predicted molar refractivity (Wildman–Crippen MR) is 93.4 cm³/mol. The molecule has 1 heterocycles. The fourth-order valence-corrected chi connectivity index (χ4v) is 2.69. The van der Waals surface area contributed by atoms with Crippen LogP contribution >= 0.6 is 12.2 Å². The van der Waals surface area contributed by atoms with Crippen molar-refractivity contribution in [3.05, 3.63) is 0 Å². The van der Waals surface area contributed by atoms with Crippen LogP contribution in [-0.4, -0.2) is 66.1 Å². The number of hydrogen-bond donors (Lipinski definition) is 1. The lowest BCUT2D eigenvalue weighted by Crippen LogP contribution is -2.66. The summed E-state index contributed by atoms with van der Waals surface area (Å²) in [6, 6.07) is -0.951. The van der Waals surface area contributed by atoms with Gasteiger partial charge in [-0.15, -0.1) is 0 Å². The first-order valence-electron chi connectivity index (χ1n) is 8.08. The molecule has 11 heteroatoms. The Hall–Kier alpha value is -2.27. The molecule has 27 heavy (non-hydrogen) atoms. The van der Waals surface area contributed by atoms with Gasteiger partial charge in [0.2, 0.25) is 6.29 Å². The molecule has 1 aliphatic heterocycles. The largest absolute Gasteiger partial charge is 0.463 e. The summed E-state index contributed by atoms with van der Waals surface area (Å²) in [5.41, 5.74) is 0. The van der Waals surface area contributed by atoms with Crippen molar-refractivity contribution < 1.29 is 42.9 Å². The van der Waals surface area contributed by atoms with Gasteiger partial charge < -0.3 is 29.0 Å². The predicted octanol–water partition coefficient (Wildman–Crippen LogP) is 0.00640. The van der Waals surface area contributed by atoms with E-state index in [0.29, 0.717) is 4.99 Å². The van der Waals surface area contributed by atoms with Crippen molar-refractivity contribution in [1.29, 1.82) is 0 Å². The maximum absolute atomic E-state index is 11.6. The zero-order chi connectivity index (χ0) is 20.7. The Labute approximate surface area is 161 Å². The second-order valence-electron chi connectivity index (χ2n) is 5.83. The van der Waals surface area contributed by atoms with Crippen LogP contribution in [0, 0.1) is 0 Å². The highest BCUT2D eigenvalue weighted by molar-refractivity contribution is 7.80. The molecule has 0 amide bonds. The van der Waals surface area contributed by atoms with E-state index >= 15 is 0 Å². The molecule has 0 spiro atoms. The molecule has 0 saturated carbocycles. The van der Waals surface area contributed by atoms with Crippen molar-refractivity contribution in [3.8, 4) is 0 Å². The van der Waals surface area contributed by atoms with Crippen LogP contribution in [-0.2, 0) is 42.9 Å². The van der Waals surface area contributed by atoms with Gasteiger partial charge in [-0.3, -0.25) is 19.2 Å². The molecule has 0 radical (unpaired) electrons. The summed E-state index contributed by atoms with van der Waals surface area (Å²) in [5, 5.41) is 2.83. The van der Waals surface area contributed by atoms with Crippen molar-refractivity contribution in [2.75, 3.05) is 6.61 Å². The van der Waals surface area contributed by atoms with E-state index in [1.54, 1.807) is 6.92 Å². The average Bonchev–Trinajstić information content (AvgIpc) is 2.49. The number of thiocarbonyl (C=S) groups is 1. The first-order valence-corrected chi connectivity index (χ1v) is 8.49. The van der Waals surface area contributed by atoms with E-state index in [9.17, 15) is 19.2 Å². The number of carbonyl (C=O) groups excluding carboxylic acids is 4. The highest BCUT2D eigenvalue weighted by Gasteiger charge is 2.51. The molecule has 0 bridgehead atoms. The number of rotatable bonds is 6. The van der Waals surface area contributed by atoms with Crippen LogP contribution in [0.25, 0.3) is 0 Å². The standard InChI is InChI=1S/C16H23NO9S/c1-7(27)17-13-15(24-10(4)20)14(23-9(3)19)12(6-22-8(2)18)26-16(13)25-11(5)21/h12-16H,6H2,1-5H3,(H,17,27)/t12-,13-,14-,15-,16+/m1/s1. The third kappa shape index (κ3) is 7.47. The van der Waals surface area contributed by atoms with Crippen LogP contribution in [0.1, 0.15) is 34.6 Å². The zero-order valence-corrected chi connectivity index (χ0v) is 16.5. The monoisotopic (exact) mass is 405 g/mol. The molecular weight excluding hydrogens is 382 g/mol. The average molecular weight is 405 g/mol. The maximum atomic E-state index is 11.6. The lowest BCUT2D eigenvalue weighted by atomic mass is 9.96.